The van der Waals surface area contributed by atoms with E-state index in [0.29, 0.717) is 0 Å². The van der Waals surface area contributed by atoms with Gasteiger partial charge in [-0.3, -0.25) is 0 Å². The molecule has 82 valence electrons. The Labute approximate surface area is 91.6 Å². The number of benzene rings is 1. The molecule has 0 spiro atoms. The molecular weight excluding hydrogens is 186 g/mol. The molecule has 1 aromatic rings. The van der Waals surface area contributed by atoms with E-state index in [1.807, 2.05) is 7.05 Å². The van der Waals surface area contributed by atoms with Crippen LogP contribution in [0.3, 0.4) is 0 Å². The van der Waals surface area contributed by atoms with Gasteiger partial charge in [0.25, 0.3) is 0 Å². The van der Waals surface area contributed by atoms with Crippen LogP contribution in [0.25, 0.3) is 0 Å². The molecule has 0 aliphatic carbocycles. The van der Waals surface area contributed by atoms with Crippen LogP contribution in [0.1, 0.15) is 30.9 Å². The number of nitrogens with one attached hydrogen (secondary N) is 1. The topological polar surface area (TPSA) is 21.3 Å². The van der Waals surface area contributed by atoms with E-state index in [4.69, 9.17) is 4.74 Å². The standard InChI is InChI=1S/C13H19NO/c1-3-13(8-9-14-2)12-7-5-4-6-11(12)10-15-13/h4-7,14H,3,8-10H2,1-2H3. The summed E-state index contributed by atoms with van der Waals surface area (Å²) >= 11 is 0. The van der Waals surface area contributed by atoms with Gasteiger partial charge in [0, 0.05) is 0 Å². The van der Waals surface area contributed by atoms with Crippen LogP contribution in [0.15, 0.2) is 24.3 Å². The highest BCUT2D eigenvalue weighted by Gasteiger charge is 2.37. The Morgan fingerprint density at radius 1 is 1.40 bits per heavy atom. The summed E-state index contributed by atoms with van der Waals surface area (Å²) < 4.78 is 6.02. The molecule has 0 aromatic heterocycles. The summed E-state index contributed by atoms with van der Waals surface area (Å²) in [6.07, 6.45) is 2.10. The first kappa shape index (κ1) is 10.7. The van der Waals surface area contributed by atoms with Gasteiger partial charge in [0.1, 0.15) is 0 Å². The lowest BCUT2D eigenvalue weighted by atomic mass is 9.87. The Kier molecular flexibility index (Phi) is 3.08. The van der Waals surface area contributed by atoms with Gasteiger partial charge in [0.2, 0.25) is 0 Å². The predicted molar refractivity (Wildman–Crippen MR) is 61.7 cm³/mol. The molecule has 1 heterocycles. The zero-order chi connectivity index (χ0) is 10.7. The largest absolute Gasteiger partial charge is 0.366 e. The molecule has 15 heavy (non-hydrogen) atoms. The van der Waals surface area contributed by atoms with Crippen molar-refractivity contribution in [2.45, 2.75) is 32.0 Å². The number of ether oxygens (including phenoxy) is 1. The molecule has 0 saturated heterocycles. The van der Waals surface area contributed by atoms with Crippen molar-refractivity contribution < 1.29 is 4.74 Å². The first-order chi connectivity index (χ1) is 7.32. The third-order valence-corrected chi connectivity index (χ3v) is 3.36. The Bertz CT molecular complexity index is 337. The second-order valence-corrected chi connectivity index (χ2v) is 4.15. The second kappa shape index (κ2) is 4.33. The van der Waals surface area contributed by atoms with Crippen molar-refractivity contribution in [3.63, 3.8) is 0 Å². The average molecular weight is 205 g/mol. The van der Waals surface area contributed by atoms with Gasteiger partial charge in [0.05, 0.1) is 12.2 Å². The Hall–Kier alpha value is -0.860. The summed E-state index contributed by atoms with van der Waals surface area (Å²) in [6, 6.07) is 8.58. The van der Waals surface area contributed by atoms with E-state index in [1.165, 1.54) is 11.1 Å². The first-order valence-electron chi connectivity index (χ1n) is 5.69. The summed E-state index contributed by atoms with van der Waals surface area (Å²) in [6.45, 7) is 3.98. The maximum Gasteiger partial charge on any atom is 0.0948 e. The second-order valence-electron chi connectivity index (χ2n) is 4.15. The van der Waals surface area contributed by atoms with Gasteiger partial charge in [-0.25, -0.2) is 0 Å². The van der Waals surface area contributed by atoms with Gasteiger partial charge in [-0.15, -0.1) is 0 Å². The van der Waals surface area contributed by atoms with Crippen molar-refractivity contribution in [3.8, 4) is 0 Å². The molecule has 0 bridgehead atoms. The highest BCUT2D eigenvalue weighted by molar-refractivity contribution is 5.35. The number of hydrogen-bond donors (Lipinski definition) is 1. The molecular formula is C13H19NO. The van der Waals surface area contributed by atoms with Gasteiger partial charge in [-0.1, -0.05) is 31.2 Å². The Morgan fingerprint density at radius 2 is 2.20 bits per heavy atom. The third kappa shape index (κ3) is 1.80. The first-order valence-corrected chi connectivity index (χ1v) is 5.69. The molecule has 0 saturated carbocycles. The minimum absolute atomic E-state index is 0.0421. The van der Waals surface area contributed by atoms with Crippen molar-refractivity contribution in [1.82, 2.24) is 5.32 Å². The quantitative estimate of drug-likeness (QED) is 0.815. The highest BCUT2D eigenvalue weighted by Crippen LogP contribution is 2.41. The van der Waals surface area contributed by atoms with Gasteiger partial charge in [0.15, 0.2) is 0 Å². The zero-order valence-corrected chi connectivity index (χ0v) is 9.55. The normalized spacial score (nSPS) is 24.1. The van der Waals surface area contributed by atoms with Gasteiger partial charge >= 0.3 is 0 Å². The van der Waals surface area contributed by atoms with Crippen LogP contribution in [0.2, 0.25) is 0 Å². The Balaban J connectivity index is 2.28. The summed E-state index contributed by atoms with van der Waals surface area (Å²) in [5, 5.41) is 3.20. The fourth-order valence-corrected chi connectivity index (χ4v) is 2.39. The van der Waals surface area contributed by atoms with E-state index < -0.39 is 0 Å². The van der Waals surface area contributed by atoms with Crippen molar-refractivity contribution in [1.29, 1.82) is 0 Å². The van der Waals surface area contributed by atoms with Gasteiger partial charge in [-0.05, 0) is 37.6 Å². The smallest absolute Gasteiger partial charge is 0.0948 e. The molecule has 1 aromatic carbocycles. The maximum atomic E-state index is 6.02. The lowest BCUT2D eigenvalue weighted by Crippen LogP contribution is -2.28. The van der Waals surface area contributed by atoms with Crippen LogP contribution in [-0.4, -0.2) is 13.6 Å². The van der Waals surface area contributed by atoms with E-state index in [9.17, 15) is 0 Å². The SMILES string of the molecule is CCC1(CCNC)OCc2ccccc21. The van der Waals surface area contributed by atoms with Crippen LogP contribution in [0.4, 0.5) is 0 Å². The molecule has 1 unspecified atom stereocenters. The van der Waals surface area contributed by atoms with Crippen LogP contribution >= 0.6 is 0 Å². The molecule has 1 aliphatic heterocycles. The number of rotatable bonds is 4. The average Bonchev–Trinajstić information content (AvgIpc) is 2.66. The molecule has 1 N–H and O–H groups in total. The van der Waals surface area contributed by atoms with Crippen LogP contribution in [0.5, 0.6) is 0 Å². The Morgan fingerprint density at radius 3 is 2.93 bits per heavy atom. The van der Waals surface area contributed by atoms with E-state index in [-0.39, 0.29) is 5.60 Å². The monoisotopic (exact) mass is 205 g/mol. The minimum atomic E-state index is -0.0421. The summed E-state index contributed by atoms with van der Waals surface area (Å²) in [5.41, 5.74) is 2.71. The van der Waals surface area contributed by atoms with Crippen molar-refractivity contribution in [2.24, 2.45) is 0 Å². The van der Waals surface area contributed by atoms with Crippen molar-refractivity contribution in [2.75, 3.05) is 13.6 Å². The van der Waals surface area contributed by atoms with Crippen LogP contribution < -0.4 is 5.32 Å². The summed E-state index contributed by atoms with van der Waals surface area (Å²) in [4.78, 5) is 0. The molecule has 0 fully saturated rings. The number of hydrogen-bond acceptors (Lipinski definition) is 2. The molecule has 2 heteroatoms. The molecule has 1 atom stereocenters. The zero-order valence-electron chi connectivity index (χ0n) is 9.55. The van der Waals surface area contributed by atoms with Crippen molar-refractivity contribution >= 4 is 0 Å². The molecule has 0 amide bonds. The predicted octanol–water partition coefficient (Wildman–Crippen LogP) is 2.43. The highest BCUT2D eigenvalue weighted by atomic mass is 16.5. The molecule has 0 radical (unpaired) electrons. The van der Waals surface area contributed by atoms with Gasteiger partial charge in [-0.2, -0.15) is 0 Å². The summed E-state index contributed by atoms with van der Waals surface area (Å²) in [7, 11) is 1.99. The maximum absolute atomic E-state index is 6.02. The molecule has 2 nitrogen and oxygen atoms in total. The fourth-order valence-electron chi connectivity index (χ4n) is 2.39. The molecule has 2 rings (SSSR count). The fraction of sp³-hybridized carbons (Fsp3) is 0.538. The molecule has 1 aliphatic rings. The minimum Gasteiger partial charge on any atom is -0.366 e. The van der Waals surface area contributed by atoms with E-state index >= 15 is 0 Å². The van der Waals surface area contributed by atoms with Gasteiger partial charge < -0.3 is 10.1 Å². The van der Waals surface area contributed by atoms with Crippen LogP contribution in [0, 0.1) is 0 Å². The lowest BCUT2D eigenvalue weighted by Gasteiger charge is -2.28. The summed E-state index contributed by atoms with van der Waals surface area (Å²) in [5.74, 6) is 0. The van der Waals surface area contributed by atoms with Crippen molar-refractivity contribution in [3.05, 3.63) is 35.4 Å². The van der Waals surface area contributed by atoms with E-state index in [0.717, 1.165) is 26.0 Å². The van der Waals surface area contributed by atoms with E-state index in [1.54, 1.807) is 0 Å². The van der Waals surface area contributed by atoms with E-state index in [2.05, 4.69) is 36.5 Å². The van der Waals surface area contributed by atoms with Crippen LogP contribution in [-0.2, 0) is 16.9 Å². The third-order valence-electron chi connectivity index (χ3n) is 3.36. The number of fused-ring (bicyclic) bond motifs is 1. The lowest BCUT2D eigenvalue weighted by molar-refractivity contribution is -0.0466.